The smallest absolute Gasteiger partial charge is 0.123 e. The van der Waals surface area contributed by atoms with Gasteiger partial charge in [-0.1, -0.05) is 25.1 Å². The van der Waals surface area contributed by atoms with E-state index in [2.05, 4.69) is 18.3 Å². The summed E-state index contributed by atoms with van der Waals surface area (Å²) in [5.74, 6) is 1.69. The van der Waals surface area contributed by atoms with Crippen LogP contribution in [0.1, 0.15) is 38.2 Å². The topological polar surface area (TPSA) is 41.5 Å². The van der Waals surface area contributed by atoms with Crippen molar-refractivity contribution in [2.75, 3.05) is 13.7 Å². The Morgan fingerprint density at radius 1 is 1.32 bits per heavy atom. The Bertz CT molecular complexity index is 397. The largest absolute Gasteiger partial charge is 0.496 e. The molecule has 1 fully saturated rings. The van der Waals surface area contributed by atoms with E-state index in [1.807, 2.05) is 18.2 Å². The van der Waals surface area contributed by atoms with E-state index >= 15 is 0 Å². The lowest BCUT2D eigenvalue weighted by Gasteiger charge is -2.39. The number of rotatable bonds is 5. The summed E-state index contributed by atoms with van der Waals surface area (Å²) in [7, 11) is 1.70. The lowest BCUT2D eigenvalue weighted by molar-refractivity contribution is 0.104. The minimum Gasteiger partial charge on any atom is -0.496 e. The third kappa shape index (κ3) is 3.48. The minimum absolute atomic E-state index is 0.104. The van der Waals surface area contributed by atoms with Gasteiger partial charge in [0.25, 0.3) is 0 Å². The van der Waals surface area contributed by atoms with Gasteiger partial charge >= 0.3 is 0 Å². The van der Waals surface area contributed by atoms with E-state index in [0.717, 1.165) is 36.6 Å². The predicted molar refractivity (Wildman–Crippen MR) is 77.3 cm³/mol. The van der Waals surface area contributed by atoms with Crippen molar-refractivity contribution in [3.8, 4) is 5.75 Å². The molecule has 1 aliphatic carbocycles. The van der Waals surface area contributed by atoms with Gasteiger partial charge in [-0.3, -0.25) is 0 Å². The van der Waals surface area contributed by atoms with E-state index in [1.54, 1.807) is 7.11 Å². The number of aliphatic hydroxyl groups excluding tert-OH is 1. The summed E-state index contributed by atoms with van der Waals surface area (Å²) in [6, 6.07) is 8.05. The first-order valence-electron chi connectivity index (χ1n) is 7.17. The fourth-order valence-corrected chi connectivity index (χ4v) is 2.84. The zero-order valence-corrected chi connectivity index (χ0v) is 12.0. The van der Waals surface area contributed by atoms with Crippen LogP contribution in [-0.2, 0) is 6.54 Å². The molecule has 0 radical (unpaired) electrons. The molecular formula is C16H25NO2. The van der Waals surface area contributed by atoms with Crippen LogP contribution < -0.4 is 10.1 Å². The van der Waals surface area contributed by atoms with Gasteiger partial charge in [0.2, 0.25) is 0 Å². The molecule has 0 aliphatic heterocycles. The molecule has 106 valence electrons. The zero-order valence-electron chi connectivity index (χ0n) is 12.0. The summed E-state index contributed by atoms with van der Waals surface area (Å²) in [5, 5.41) is 13.3. The fourth-order valence-electron chi connectivity index (χ4n) is 2.84. The summed E-state index contributed by atoms with van der Waals surface area (Å²) >= 11 is 0. The monoisotopic (exact) mass is 263 g/mol. The number of nitrogens with one attached hydrogen (secondary N) is 1. The van der Waals surface area contributed by atoms with E-state index in [-0.39, 0.29) is 12.1 Å². The van der Waals surface area contributed by atoms with Crippen LogP contribution >= 0.6 is 0 Å². The first-order valence-corrected chi connectivity index (χ1v) is 7.17. The number of hydrogen-bond donors (Lipinski definition) is 2. The number of ether oxygens (including phenoxy) is 1. The molecule has 1 aromatic rings. The molecule has 0 amide bonds. The highest BCUT2D eigenvalue weighted by atomic mass is 16.5. The van der Waals surface area contributed by atoms with Gasteiger partial charge in [-0.25, -0.2) is 0 Å². The van der Waals surface area contributed by atoms with Crippen LogP contribution in [0.25, 0.3) is 0 Å². The average Bonchev–Trinajstić information content (AvgIpc) is 2.47. The van der Waals surface area contributed by atoms with E-state index in [4.69, 9.17) is 4.74 Å². The first kappa shape index (κ1) is 14.4. The highest BCUT2D eigenvalue weighted by molar-refractivity contribution is 5.33. The molecule has 0 heterocycles. The van der Waals surface area contributed by atoms with Crippen LogP contribution in [0.5, 0.6) is 5.75 Å². The van der Waals surface area contributed by atoms with Gasteiger partial charge in [0.05, 0.1) is 13.7 Å². The molecule has 3 heteroatoms. The van der Waals surface area contributed by atoms with Crippen molar-refractivity contribution in [1.29, 1.82) is 0 Å². The maximum Gasteiger partial charge on any atom is 0.123 e. The Labute approximate surface area is 116 Å². The summed E-state index contributed by atoms with van der Waals surface area (Å²) in [6.07, 6.45) is 4.50. The summed E-state index contributed by atoms with van der Waals surface area (Å²) in [5.41, 5.74) is 1.05. The van der Waals surface area contributed by atoms with Gasteiger partial charge in [0.1, 0.15) is 5.75 Å². The lowest BCUT2D eigenvalue weighted by atomic mass is 9.77. The molecule has 0 atom stereocenters. The lowest BCUT2D eigenvalue weighted by Crippen LogP contribution is -2.50. The van der Waals surface area contributed by atoms with Crippen LogP contribution in [0.3, 0.4) is 0 Å². The molecule has 0 aromatic heterocycles. The van der Waals surface area contributed by atoms with Crippen molar-refractivity contribution in [3.63, 3.8) is 0 Å². The summed E-state index contributed by atoms with van der Waals surface area (Å²) in [4.78, 5) is 0. The molecule has 1 saturated carbocycles. The van der Waals surface area contributed by atoms with Crippen molar-refractivity contribution in [3.05, 3.63) is 29.8 Å². The molecule has 19 heavy (non-hydrogen) atoms. The average molecular weight is 263 g/mol. The van der Waals surface area contributed by atoms with Gasteiger partial charge in [-0.05, 0) is 37.7 Å². The van der Waals surface area contributed by atoms with Gasteiger partial charge in [-0.2, -0.15) is 0 Å². The first-order chi connectivity index (χ1) is 9.19. The third-order valence-corrected chi connectivity index (χ3v) is 4.38. The second-order valence-corrected chi connectivity index (χ2v) is 5.79. The quantitative estimate of drug-likeness (QED) is 0.858. The standard InChI is InChI=1S/C16H25NO2/c1-13-7-9-16(12-18,10-8-13)17-11-14-5-3-4-6-15(14)19-2/h3-6,13,17-18H,7-12H2,1-2H3. The van der Waals surface area contributed by atoms with E-state index in [0.29, 0.717) is 0 Å². The predicted octanol–water partition coefficient (Wildman–Crippen LogP) is 2.73. The summed E-state index contributed by atoms with van der Waals surface area (Å²) < 4.78 is 5.37. The fraction of sp³-hybridized carbons (Fsp3) is 0.625. The van der Waals surface area contributed by atoms with E-state index in [9.17, 15) is 5.11 Å². The molecule has 1 aromatic carbocycles. The number of methoxy groups -OCH3 is 1. The Balaban J connectivity index is 2.00. The second kappa shape index (κ2) is 6.40. The number of hydrogen-bond acceptors (Lipinski definition) is 3. The molecule has 0 unspecified atom stereocenters. The van der Waals surface area contributed by atoms with Crippen LogP contribution in [0.4, 0.5) is 0 Å². The number of aliphatic hydroxyl groups is 1. The number of para-hydroxylation sites is 1. The van der Waals surface area contributed by atoms with Crippen molar-refractivity contribution >= 4 is 0 Å². The van der Waals surface area contributed by atoms with Crippen molar-refractivity contribution < 1.29 is 9.84 Å². The highest BCUT2D eigenvalue weighted by Gasteiger charge is 2.33. The molecule has 1 aliphatic rings. The normalized spacial score (nSPS) is 27.2. The Kier molecular flexibility index (Phi) is 4.83. The maximum atomic E-state index is 9.74. The summed E-state index contributed by atoms with van der Waals surface area (Å²) in [6.45, 7) is 3.26. The second-order valence-electron chi connectivity index (χ2n) is 5.79. The van der Waals surface area contributed by atoms with Crippen molar-refractivity contribution in [2.45, 2.75) is 44.7 Å². The highest BCUT2D eigenvalue weighted by Crippen LogP contribution is 2.32. The molecule has 0 saturated heterocycles. The third-order valence-electron chi connectivity index (χ3n) is 4.38. The molecule has 3 nitrogen and oxygen atoms in total. The Morgan fingerprint density at radius 2 is 2.00 bits per heavy atom. The van der Waals surface area contributed by atoms with Crippen LogP contribution in [0.2, 0.25) is 0 Å². The zero-order chi connectivity index (χ0) is 13.7. The molecule has 0 spiro atoms. The minimum atomic E-state index is -0.104. The van der Waals surface area contributed by atoms with Gasteiger partial charge in [0.15, 0.2) is 0 Å². The molecule has 2 N–H and O–H groups in total. The van der Waals surface area contributed by atoms with Gasteiger partial charge in [-0.15, -0.1) is 0 Å². The van der Waals surface area contributed by atoms with Crippen LogP contribution in [0.15, 0.2) is 24.3 Å². The van der Waals surface area contributed by atoms with E-state index < -0.39 is 0 Å². The van der Waals surface area contributed by atoms with E-state index in [1.165, 1.54) is 12.8 Å². The van der Waals surface area contributed by atoms with Crippen LogP contribution in [-0.4, -0.2) is 24.4 Å². The van der Waals surface area contributed by atoms with Crippen LogP contribution in [0, 0.1) is 5.92 Å². The van der Waals surface area contributed by atoms with Crippen molar-refractivity contribution in [1.82, 2.24) is 5.32 Å². The van der Waals surface area contributed by atoms with Gasteiger partial charge < -0.3 is 15.2 Å². The molecular weight excluding hydrogens is 238 g/mol. The number of benzene rings is 1. The van der Waals surface area contributed by atoms with Gasteiger partial charge in [0, 0.05) is 17.6 Å². The Hall–Kier alpha value is -1.06. The SMILES string of the molecule is COc1ccccc1CNC1(CO)CCC(C)CC1. The Morgan fingerprint density at radius 3 is 2.63 bits per heavy atom. The van der Waals surface area contributed by atoms with Crippen molar-refractivity contribution in [2.24, 2.45) is 5.92 Å². The maximum absolute atomic E-state index is 9.74. The molecule has 2 rings (SSSR count). The molecule has 0 bridgehead atoms.